The van der Waals surface area contributed by atoms with Crippen molar-refractivity contribution in [3.05, 3.63) is 75.8 Å². The number of nitrogens with one attached hydrogen (secondary N) is 1. The van der Waals surface area contributed by atoms with Crippen LogP contribution >= 0.6 is 11.6 Å². The van der Waals surface area contributed by atoms with Gasteiger partial charge in [-0.15, -0.1) is 0 Å². The van der Waals surface area contributed by atoms with Crippen LogP contribution in [0.25, 0.3) is 16.7 Å². The minimum atomic E-state index is 0.439. The molecule has 31 heavy (non-hydrogen) atoms. The Hall–Kier alpha value is -3.03. The molecule has 5 rings (SSSR count). The number of nitriles is 1. The molecule has 2 aromatic heterocycles. The van der Waals surface area contributed by atoms with Crippen LogP contribution in [0.3, 0.4) is 0 Å². The van der Waals surface area contributed by atoms with Crippen LogP contribution < -0.4 is 5.32 Å². The fourth-order valence-electron chi connectivity index (χ4n) is 4.80. The van der Waals surface area contributed by atoms with Gasteiger partial charge in [0.25, 0.3) is 0 Å². The van der Waals surface area contributed by atoms with Crippen molar-refractivity contribution in [2.45, 2.75) is 51.5 Å². The number of benzene rings is 2. The quantitative estimate of drug-likeness (QED) is 0.395. The monoisotopic (exact) mass is 428 g/mol. The zero-order chi connectivity index (χ0) is 21.4. The fourth-order valence-corrected chi connectivity index (χ4v) is 4.93. The van der Waals surface area contributed by atoms with Gasteiger partial charge in [0, 0.05) is 23.0 Å². The van der Waals surface area contributed by atoms with Crippen molar-refractivity contribution in [3.8, 4) is 6.07 Å². The Morgan fingerprint density at radius 2 is 1.84 bits per heavy atom. The van der Waals surface area contributed by atoms with Gasteiger partial charge in [0.1, 0.15) is 11.9 Å². The minimum absolute atomic E-state index is 0.439. The summed E-state index contributed by atoms with van der Waals surface area (Å²) in [5.41, 5.74) is 6.65. The van der Waals surface area contributed by atoms with E-state index in [0.717, 1.165) is 45.1 Å². The summed E-state index contributed by atoms with van der Waals surface area (Å²) in [4.78, 5) is 4.84. The molecule has 5 heteroatoms. The van der Waals surface area contributed by atoms with Gasteiger partial charge in [-0.2, -0.15) is 5.26 Å². The molecular formula is C26H25ClN4. The maximum absolute atomic E-state index is 10.0. The number of nitrogens with zero attached hydrogens (tertiary/aromatic N) is 3. The van der Waals surface area contributed by atoms with E-state index in [2.05, 4.69) is 40.9 Å². The SMILES string of the molecule is Cc1c(Cc2ccc(Cl)cc2)c(NC2CCCCC2)n2c(nc3ccccc32)c1C#N. The van der Waals surface area contributed by atoms with Gasteiger partial charge in [-0.3, -0.25) is 4.40 Å². The number of hydrogen-bond donors (Lipinski definition) is 1. The highest BCUT2D eigenvalue weighted by Crippen LogP contribution is 2.34. The Morgan fingerprint density at radius 3 is 2.58 bits per heavy atom. The van der Waals surface area contributed by atoms with Gasteiger partial charge in [-0.05, 0) is 55.2 Å². The summed E-state index contributed by atoms with van der Waals surface area (Å²) >= 11 is 6.11. The molecule has 0 atom stereocenters. The fraction of sp³-hybridized carbons (Fsp3) is 0.308. The number of anilines is 1. The third-order valence-electron chi connectivity index (χ3n) is 6.47. The second kappa shape index (κ2) is 8.24. The van der Waals surface area contributed by atoms with Crippen LogP contribution in [0.15, 0.2) is 48.5 Å². The average Bonchev–Trinajstić information content (AvgIpc) is 3.17. The summed E-state index contributed by atoms with van der Waals surface area (Å²) < 4.78 is 2.17. The van der Waals surface area contributed by atoms with Gasteiger partial charge in [0.2, 0.25) is 0 Å². The second-order valence-electron chi connectivity index (χ2n) is 8.48. The Kier molecular flexibility index (Phi) is 5.29. The molecule has 1 fully saturated rings. The summed E-state index contributed by atoms with van der Waals surface area (Å²) in [7, 11) is 0. The Labute approximate surface area is 187 Å². The Morgan fingerprint density at radius 1 is 1.10 bits per heavy atom. The van der Waals surface area contributed by atoms with Crippen molar-refractivity contribution in [1.29, 1.82) is 5.26 Å². The molecule has 2 heterocycles. The van der Waals surface area contributed by atoms with E-state index in [9.17, 15) is 5.26 Å². The predicted octanol–water partition coefficient (Wildman–Crippen LogP) is 6.66. The highest BCUT2D eigenvalue weighted by molar-refractivity contribution is 6.30. The van der Waals surface area contributed by atoms with Gasteiger partial charge < -0.3 is 5.32 Å². The van der Waals surface area contributed by atoms with E-state index in [-0.39, 0.29) is 0 Å². The number of aromatic nitrogens is 2. The number of fused-ring (bicyclic) bond motifs is 3. The van der Waals surface area contributed by atoms with E-state index in [4.69, 9.17) is 16.6 Å². The maximum atomic E-state index is 10.0. The first-order valence-electron chi connectivity index (χ1n) is 11.0. The lowest BCUT2D eigenvalue weighted by Gasteiger charge is -2.27. The van der Waals surface area contributed by atoms with E-state index < -0.39 is 0 Å². The van der Waals surface area contributed by atoms with Gasteiger partial charge in [0.15, 0.2) is 5.65 Å². The zero-order valence-electron chi connectivity index (χ0n) is 17.7. The summed E-state index contributed by atoms with van der Waals surface area (Å²) in [6.07, 6.45) is 6.91. The lowest BCUT2D eigenvalue weighted by molar-refractivity contribution is 0.461. The van der Waals surface area contributed by atoms with Crippen LogP contribution in [-0.4, -0.2) is 15.4 Å². The van der Waals surface area contributed by atoms with Crippen LogP contribution in [0.2, 0.25) is 5.02 Å². The molecule has 0 spiro atoms. The number of hydrogen-bond acceptors (Lipinski definition) is 3. The molecule has 1 aliphatic rings. The molecule has 0 aliphatic heterocycles. The molecule has 1 saturated carbocycles. The third-order valence-corrected chi connectivity index (χ3v) is 6.73. The number of para-hydroxylation sites is 2. The van der Waals surface area contributed by atoms with Crippen LogP contribution in [0.1, 0.15) is 54.4 Å². The molecular weight excluding hydrogens is 404 g/mol. The molecule has 0 saturated heterocycles. The second-order valence-corrected chi connectivity index (χ2v) is 8.92. The van der Waals surface area contributed by atoms with Crippen molar-refractivity contribution >= 4 is 34.1 Å². The van der Waals surface area contributed by atoms with Gasteiger partial charge >= 0.3 is 0 Å². The summed E-state index contributed by atoms with van der Waals surface area (Å²) in [6, 6.07) is 19.0. The van der Waals surface area contributed by atoms with E-state index >= 15 is 0 Å². The molecule has 0 bridgehead atoms. The summed E-state index contributed by atoms with van der Waals surface area (Å²) in [5, 5.41) is 14.7. The highest BCUT2D eigenvalue weighted by atomic mass is 35.5. The Bertz CT molecular complexity index is 1290. The van der Waals surface area contributed by atoms with Gasteiger partial charge in [-0.25, -0.2) is 4.98 Å². The lowest BCUT2D eigenvalue weighted by atomic mass is 9.94. The number of halogens is 1. The van der Waals surface area contributed by atoms with E-state index in [0.29, 0.717) is 11.6 Å². The van der Waals surface area contributed by atoms with E-state index in [1.54, 1.807) is 0 Å². The first kappa shape index (κ1) is 19.9. The van der Waals surface area contributed by atoms with Crippen molar-refractivity contribution < 1.29 is 0 Å². The molecule has 4 aromatic rings. The first-order chi connectivity index (χ1) is 15.2. The molecule has 4 nitrogen and oxygen atoms in total. The minimum Gasteiger partial charge on any atom is -0.368 e. The standard InChI is InChI=1S/C26H25ClN4/c1-17-21(15-18-11-13-19(27)14-12-18)25(29-20-7-3-2-4-8-20)31-24-10-6-5-9-23(24)30-26(31)22(17)16-28/h5-6,9-14,20,29H,2-4,7-8,15H2,1H3. The van der Waals surface area contributed by atoms with Crippen LogP contribution in [0.4, 0.5) is 5.82 Å². The van der Waals surface area contributed by atoms with Crippen LogP contribution in [-0.2, 0) is 6.42 Å². The molecule has 1 N–H and O–H groups in total. The lowest BCUT2D eigenvalue weighted by Crippen LogP contribution is -2.25. The molecule has 0 radical (unpaired) electrons. The summed E-state index contributed by atoms with van der Waals surface area (Å²) in [5.74, 6) is 1.07. The van der Waals surface area contributed by atoms with Crippen molar-refractivity contribution in [1.82, 2.24) is 9.38 Å². The van der Waals surface area contributed by atoms with Crippen molar-refractivity contribution in [2.75, 3.05) is 5.32 Å². The smallest absolute Gasteiger partial charge is 0.157 e. The number of pyridine rings is 1. The molecule has 1 aliphatic carbocycles. The number of rotatable bonds is 4. The molecule has 2 aromatic carbocycles. The van der Waals surface area contributed by atoms with Gasteiger partial charge in [0.05, 0.1) is 16.6 Å². The van der Waals surface area contributed by atoms with Crippen molar-refractivity contribution in [2.24, 2.45) is 0 Å². The average molecular weight is 429 g/mol. The van der Waals surface area contributed by atoms with E-state index in [1.807, 2.05) is 30.3 Å². The Balaban J connectivity index is 1.76. The normalized spacial score (nSPS) is 14.7. The van der Waals surface area contributed by atoms with E-state index in [1.165, 1.54) is 37.7 Å². The number of imidazole rings is 1. The molecule has 156 valence electrons. The van der Waals surface area contributed by atoms with Crippen molar-refractivity contribution in [3.63, 3.8) is 0 Å². The molecule has 0 unspecified atom stereocenters. The van der Waals surface area contributed by atoms with Gasteiger partial charge in [-0.1, -0.05) is 55.1 Å². The highest BCUT2D eigenvalue weighted by Gasteiger charge is 2.23. The zero-order valence-corrected chi connectivity index (χ0v) is 18.4. The summed E-state index contributed by atoms with van der Waals surface area (Å²) in [6.45, 7) is 2.05. The molecule has 0 amide bonds. The maximum Gasteiger partial charge on any atom is 0.157 e. The van der Waals surface area contributed by atoms with Crippen LogP contribution in [0.5, 0.6) is 0 Å². The topological polar surface area (TPSA) is 53.1 Å². The van der Waals surface area contributed by atoms with Crippen LogP contribution in [0, 0.1) is 18.3 Å². The third kappa shape index (κ3) is 3.64. The largest absolute Gasteiger partial charge is 0.368 e. The first-order valence-corrected chi connectivity index (χ1v) is 11.4. The predicted molar refractivity (Wildman–Crippen MR) is 127 cm³/mol.